The molecule has 4 bridgehead atoms. The number of anilines is 3. The average molecular weight is 847 g/mol. The molecule has 4 fully saturated rings. The highest BCUT2D eigenvalue weighted by Crippen LogP contribution is 2.69. The van der Waals surface area contributed by atoms with Crippen molar-refractivity contribution in [2.75, 3.05) is 4.90 Å². The van der Waals surface area contributed by atoms with Crippen molar-refractivity contribution in [3.05, 3.63) is 230 Å². The molecule has 0 radical (unpaired) electrons. The zero-order valence-electron chi connectivity index (χ0n) is 37.0. The minimum atomic E-state index is 0.184. The molecule has 0 aliphatic heterocycles. The van der Waals surface area contributed by atoms with E-state index in [0.29, 0.717) is 0 Å². The predicted octanol–water partition coefficient (Wildman–Crippen LogP) is 17.0. The van der Waals surface area contributed by atoms with Crippen LogP contribution >= 0.6 is 0 Å². The van der Waals surface area contributed by atoms with E-state index in [1.165, 1.54) is 98.4 Å². The Morgan fingerprint density at radius 3 is 1.65 bits per heavy atom. The molecule has 2 nitrogen and oxygen atoms in total. The van der Waals surface area contributed by atoms with Crippen LogP contribution in [0.2, 0.25) is 0 Å². The number of hydrogen-bond donors (Lipinski definition) is 0. The molecule has 15 rings (SSSR count). The van der Waals surface area contributed by atoms with Gasteiger partial charge in [0.25, 0.3) is 0 Å². The van der Waals surface area contributed by atoms with Gasteiger partial charge in [0.05, 0.1) is 16.7 Å². The van der Waals surface area contributed by atoms with Gasteiger partial charge in [-0.3, -0.25) is 0 Å². The van der Waals surface area contributed by atoms with E-state index >= 15 is 0 Å². The minimum Gasteiger partial charge on any atom is -0.310 e. The third-order valence-electron chi connectivity index (χ3n) is 16.4. The van der Waals surface area contributed by atoms with E-state index in [2.05, 4.69) is 228 Å². The lowest BCUT2D eigenvalue weighted by molar-refractivity contribution is -0.0399. The second kappa shape index (κ2) is 14.8. The quantitative estimate of drug-likeness (QED) is 0.155. The molecule has 1 aromatic heterocycles. The van der Waals surface area contributed by atoms with Gasteiger partial charge in [0.15, 0.2) is 0 Å². The van der Waals surface area contributed by atoms with Gasteiger partial charge >= 0.3 is 0 Å². The summed E-state index contributed by atoms with van der Waals surface area (Å²) in [5.41, 5.74) is 20.6. The van der Waals surface area contributed by atoms with Crippen LogP contribution in [0.3, 0.4) is 0 Å². The van der Waals surface area contributed by atoms with Crippen molar-refractivity contribution in [2.45, 2.75) is 37.5 Å². The maximum atomic E-state index is 2.55. The lowest BCUT2D eigenvalue weighted by atomic mass is 9.43. The molecule has 5 aliphatic rings. The Morgan fingerprint density at radius 1 is 0.364 bits per heavy atom. The number of rotatable bonds is 7. The number of benzene rings is 9. The number of hydrogen-bond acceptors (Lipinski definition) is 1. The summed E-state index contributed by atoms with van der Waals surface area (Å²) in [6.07, 6.45) is 7.10. The Labute approximate surface area is 387 Å². The summed E-state index contributed by atoms with van der Waals surface area (Å²) in [4.78, 5) is 2.48. The van der Waals surface area contributed by atoms with Crippen LogP contribution in [0.4, 0.5) is 17.1 Å². The maximum absolute atomic E-state index is 2.55. The van der Waals surface area contributed by atoms with E-state index in [1.807, 2.05) is 0 Å². The van der Waals surface area contributed by atoms with Gasteiger partial charge in [-0.1, -0.05) is 152 Å². The first-order chi connectivity index (χ1) is 32.7. The smallest absolute Gasteiger partial charge is 0.0542 e. The van der Waals surface area contributed by atoms with Crippen molar-refractivity contribution in [1.82, 2.24) is 4.57 Å². The first-order valence-electron chi connectivity index (χ1n) is 24.2. The van der Waals surface area contributed by atoms with Crippen molar-refractivity contribution in [1.29, 1.82) is 0 Å². The molecular formula is C64H50N2. The van der Waals surface area contributed by atoms with E-state index in [4.69, 9.17) is 0 Å². The summed E-state index contributed by atoms with van der Waals surface area (Å²) in [6, 6.07) is 81.6. The summed E-state index contributed by atoms with van der Waals surface area (Å²) < 4.78 is 2.40. The van der Waals surface area contributed by atoms with E-state index < -0.39 is 0 Å². The summed E-state index contributed by atoms with van der Waals surface area (Å²) in [5.74, 6) is 3.41. The van der Waals surface area contributed by atoms with Crippen molar-refractivity contribution in [2.24, 2.45) is 23.7 Å². The van der Waals surface area contributed by atoms with Gasteiger partial charge in [-0.15, -0.1) is 0 Å². The topological polar surface area (TPSA) is 8.17 Å². The second-order valence-corrected chi connectivity index (χ2v) is 19.7. The number of para-hydroxylation sites is 2. The third-order valence-corrected chi connectivity index (χ3v) is 16.4. The summed E-state index contributed by atoms with van der Waals surface area (Å²) in [7, 11) is 0. The van der Waals surface area contributed by atoms with Gasteiger partial charge in [0, 0.05) is 38.8 Å². The Bertz CT molecular complexity index is 3440. The molecule has 0 amide bonds. The van der Waals surface area contributed by atoms with Crippen LogP contribution in [-0.4, -0.2) is 4.57 Å². The van der Waals surface area contributed by atoms with Crippen molar-refractivity contribution < 1.29 is 0 Å². The molecule has 9 aromatic carbocycles. The van der Waals surface area contributed by atoms with E-state index in [-0.39, 0.29) is 5.41 Å². The summed E-state index contributed by atoms with van der Waals surface area (Å²) >= 11 is 0. The highest BCUT2D eigenvalue weighted by atomic mass is 15.1. The molecular weight excluding hydrogens is 797 g/mol. The minimum absolute atomic E-state index is 0.184. The fourth-order valence-corrected chi connectivity index (χ4v) is 13.9. The fourth-order valence-electron chi connectivity index (χ4n) is 13.9. The Kier molecular flexibility index (Phi) is 8.50. The van der Waals surface area contributed by atoms with Gasteiger partial charge < -0.3 is 9.47 Å². The molecule has 1 spiro atoms. The van der Waals surface area contributed by atoms with E-state index in [1.54, 1.807) is 11.1 Å². The highest BCUT2D eigenvalue weighted by Gasteiger charge is 2.61. The standard InChI is InChI=1S/C64H50N2/c1-4-14-44(15-5-1)48-27-32-62(56(39-48)46-16-6-2-7-17-46)65(53-30-33-63-58(41-53)55-21-11-13-23-61(55)66(63)51-18-8-3-9-19-51)52-28-24-45(25-29-52)47-26-31-60-57(40-47)54-20-10-12-22-59(54)64(60)49-35-42-34-43(37-49)38-50(64)36-42/h1-33,39-43,49-50H,34-38H2. The van der Waals surface area contributed by atoms with E-state index in [0.717, 1.165) is 46.4 Å². The van der Waals surface area contributed by atoms with Crippen LogP contribution < -0.4 is 4.90 Å². The molecule has 0 N–H and O–H groups in total. The van der Waals surface area contributed by atoms with Crippen LogP contribution in [0.15, 0.2) is 218 Å². The number of fused-ring (bicyclic) bond motifs is 6. The second-order valence-electron chi connectivity index (χ2n) is 19.7. The van der Waals surface area contributed by atoms with E-state index in [9.17, 15) is 0 Å². The van der Waals surface area contributed by atoms with Crippen LogP contribution in [0.25, 0.3) is 72.0 Å². The van der Waals surface area contributed by atoms with Crippen molar-refractivity contribution in [3.8, 4) is 50.2 Å². The third kappa shape index (κ3) is 5.67. The molecule has 4 saturated carbocycles. The Hall–Kier alpha value is -7.42. The lowest BCUT2D eigenvalue weighted by Gasteiger charge is -2.61. The Balaban J connectivity index is 0.925. The first kappa shape index (κ1) is 37.9. The zero-order valence-corrected chi connectivity index (χ0v) is 37.0. The number of nitrogens with zero attached hydrogens (tertiary/aromatic N) is 2. The van der Waals surface area contributed by atoms with Gasteiger partial charge in [-0.05, 0) is 173 Å². The highest BCUT2D eigenvalue weighted by molar-refractivity contribution is 6.11. The maximum Gasteiger partial charge on any atom is 0.0542 e. The number of aromatic nitrogens is 1. The van der Waals surface area contributed by atoms with Gasteiger partial charge in [0.2, 0.25) is 0 Å². The van der Waals surface area contributed by atoms with Crippen LogP contribution in [0, 0.1) is 23.7 Å². The van der Waals surface area contributed by atoms with Crippen LogP contribution in [0.5, 0.6) is 0 Å². The van der Waals surface area contributed by atoms with Gasteiger partial charge in [0.1, 0.15) is 0 Å². The molecule has 0 saturated heterocycles. The van der Waals surface area contributed by atoms with Crippen LogP contribution in [-0.2, 0) is 5.41 Å². The van der Waals surface area contributed by atoms with Crippen molar-refractivity contribution in [3.63, 3.8) is 0 Å². The molecule has 2 heteroatoms. The SMILES string of the molecule is c1ccc(-c2ccc(N(c3ccc(-c4ccc5c(c4)-c4ccccc4C54C5CC6CC(C5)CC4C6)cc3)c3ccc4c(c3)c3ccccc3n4-c3ccccc3)c(-c3ccccc3)c2)cc1. The zero-order chi connectivity index (χ0) is 43.3. The normalized spacial score (nSPS) is 21.1. The molecule has 10 aromatic rings. The summed E-state index contributed by atoms with van der Waals surface area (Å²) in [6.45, 7) is 0. The molecule has 316 valence electrons. The molecule has 5 aliphatic carbocycles. The predicted molar refractivity (Wildman–Crippen MR) is 275 cm³/mol. The van der Waals surface area contributed by atoms with Gasteiger partial charge in [-0.25, -0.2) is 0 Å². The largest absolute Gasteiger partial charge is 0.310 e. The lowest BCUT2D eigenvalue weighted by Crippen LogP contribution is -2.55. The van der Waals surface area contributed by atoms with Crippen LogP contribution in [0.1, 0.15) is 43.2 Å². The molecule has 1 heterocycles. The average Bonchev–Trinajstić information content (AvgIpc) is 3.87. The molecule has 66 heavy (non-hydrogen) atoms. The molecule has 0 unspecified atom stereocenters. The first-order valence-corrected chi connectivity index (χ1v) is 24.2. The monoisotopic (exact) mass is 846 g/mol. The summed E-state index contributed by atoms with van der Waals surface area (Å²) in [5, 5.41) is 2.47. The van der Waals surface area contributed by atoms with Gasteiger partial charge in [-0.2, -0.15) is 0 Å². The van der Waals surface area contributed by atoms with Crippen molar-refractivity contribution >= 4 is 38.9 Å². The fraction of sp³-hybridized carbons (Fsp3) is 0.156. The molecule has 0 atom stereocenters. The Morgan fingerprint density at radius 2 is 0.909 bits per heavy atom.